The van der Waals surface area contributed by atoms with Gasteiger partial charge in [-0.25, -0.2) is 4.98 Å². The van der Waals surface area contributed by atoms with E-state index in [0.29, 0.717) is 5.11 Å². The Hall–Kier alpha value is -1.94. The number of benzene rings is 1. The lowest BCUT2D eigenvalue weighted by atomic mass is 10.0. The van der Waals surface area contributed by atoms with Gasteiger partial charge in [-0.1, -0.05) is 24.3 Å². The summed E-state index contributed by atoms with van der Waals surface area (Å²) in [6.07, 6.45) is 1.82. The Morgan fingerprint density at radius 2 is 1.86 bits per heavy atom. The van der Waals surface area contributed by atoms with E-state index in [2.05, 4.69) is 54.6 Å². The van der Waals surface area contributed by atoms with Crippen LogP contribution in [0.5, 0.6) is 0 Å². The summed E-state index contributed by atoms with van der Waals surface area (Å²) in [4.78, 5) is 4.29. The van der Waals surface area contributed by atoms with Crippen molar-refractivity contribution in [2.24, 2.45) is 0 Å². The molecule has 0 saturated carbocycles. The minimum absolute atomic E-state index is 0.148. The normalized spacial score (nSPS) is 11.8. The van der Waals surface area contributed by atoms with Crippen molar-refractivity contribution in [1.29, 1.82) is 0 Å². The Labute approximate surface area is 131 Å². The van der Waals surface area contributed by atoms with Crippen LogP contribution in [0.25, 0.3) is 0 Å². The Morgan fingerprint density at radius 3 is 2.48 bits per heavy atom. The number of anilines is 1. The number of hydrogen-bond acceptors (Lipinski definition) is 2. The van der Waals surface area contributed by atoms with Gasteiger partial charge in [-0.15, -0.1) is 0 Å². The van der Waals surface area contributed by atoms with Crippen molar-refractivity contribution in [2.75, 3.05) is 5.32 Å². The topological polar surface area (TPSA) is 37.0 Å². The minimum Gasteiger partial charge on any atom is -0.356 e. The predicted octanol–water partition coefficient (Wildman–Crippen LogP) is 4.05. The molecule has 0 spiro atoms. The quantitative estimate of drug-likeness (QED) is 0.838. The fourth-order valence-electron chi connectivity index (χ4n) is 2.01. The van der Waals surface area contributed by atoms with Gasteiger partial charge in [0.2, 0.25) is 0 Å². The smallest absolute Gasteiger partial charge is 0.172 e. The number of aromatic nitrogens is 1. The second-order valence-corrected chi connectivity index (χ2v) is 5.79. The van der Waals surface area contributed by atoms with Crippen LogP contribution in [-0.4, -0.2) is 10.1 Å². The van der Waals surface area contributed by atoms with Crippen LogP contribution in [0.3, 0.4) is 0 Å². The van der Waals surface area contributed by atoms with Crippen LogP contribution in [0.2, 0.25) is 0 Å². The van der Waals surface area contributed by atoms with Gasteiger partial charge >= 0.3 is 0 Å². The van der Waals surface area contributed by atoms with Crippen LogP contribution >= 0.6 is 12.2 Å². The molecule has 1 atom stereocenters. The highest BCUT2D eigenvalue weighted by Gasteiger charge is 2.08. The first-order valence-corrected chi connectivity index (χ1v) is 7.44. The van der Waals surface area contributed by atoms with Gasteiger partial charge < -0.3 is 10.6 Å². The van der Waals surface area contributed by atoms with Crippen molar-refractivity contribution < 1.29 is 0 Å². The molecule has 2 aromatic rings. The lowest BCUT2D eigenvalue weighted by molar-refractivity contribution is 0.721. The number of pyridine rings is 1. The molecule has 0 aliphatic rings. The van der Waals surface area contributed by atoms with E-state index in [9.17, 15) is 0 Å². The van der Waals surface area contributed by atoms with Crippen molar-refractivity contribution in [2.45, 2.75) is 33.7 Å². The van der Waals surface area contributed by atoms with E-state index in [4.69, 9.17) is 12.2 Å². The first-order chi connectivity index (χ1) is 9.95. The third kappa shape index (κ3) is 4.26. The summed E-state index contributed by atoms with van der Waals surface area (Å²) in [7, 11) is 0. The largest absolute Gasteiger partial charge is 0.356 e. The van der Waals surface area contributed by atoms with E-state index in [1.165, 1.54) is 16.7 Å². The third-order valence-electron chi connectivity index (χ3n) is 3.53. The first-order valence-electron chi connectivity index (χ1n) is 7.03. The molecule has 0 bridgehead atoms. The fraction of sp³-hybridized carbons (Fsp3) is 0.294. The van der Waals surface area contributed by atoms with Gasteiger partial charge in [0.1, 0.15) is 5.82 Å². The molecular weight excluding hydrogens is 278 g/mol. The lowest BCUT2D eigenvalue weighted by Crippen LogP contribution is -2.31. The summed E-state index contributed by atoms with van der Waals surface area (Å²) < 4.78 is 0. The molecule has 0 fully saturated rings. The maximum Gasteiger partial charge on any atom is 0.172 e. The molecule has 0 aliphatic heterocycles. The molecule has 4 heteroatoms. The predicted molar refractivity (Wildman–Crippen MR) is 92.7 cm³/mol. The molecule has 1 aromatic carbocycles. The number of rotatable bonds is 3. The highest BCUT2D eigenvalue weighted by Crippen LogP contribution is 2.17. The second kappa shape index (κ2) is 6.68. The molecule has 3 nitrogen and oxygen atoms in total. The van der Waals surface area contributed by atoms with Gasteiger partial charge in [0.25, 0.3) is 0 Å². The van der Waals surface area contributed by atoms with Gasteiger partial charge in [-0.05, 0) is 68.2 Å². The molecule has 2 N–H and O–H groups in total. The van der Waals surface area contributed by atoms with E-state index in [1.807, 2.05) is 25.3 Å². The molecule has 1 aromatic heterocycles. The van der Waals surface area contributed by atoms with Crippen LogP contribution in [0.15, 0.2) is 36.5 Å². The van der Waals surface area contributed by atoms with Gasteiger partial charge in [0.05, 0.1) is 6.04 Å². The van der Waals surface area contributed by atoms with Crippen molar-refractivity contribution in [3.8, 4) is 0 Å². The van der Waals surface area contributed by atoms with Crippen LogP contribution in [0.1, 0.15) is 35.2 Å². The van der Waals surface area contributed by atoms with E-state index in [-0.39, 0.29) is 6.04 Å². The fourth-order valence-corrected chi connectivity index (χ4v) is 2.29. The molecular formula is C17H21N3S. The molecule has 21 heavy (non-hydrogen) atoms. The molecule has 110 valence electrons. The van der Waals surface area contributed by atoms with Crippen molar-refractivity contribution in [3.05, 3.63) is 58.8 Å². The van der Waals surface area contributed by atoms with Gasteiger partial charge in [-0.2, -0.15) is 0 Å². The van der Waals surface area contributed by atoms with E-state index < -0.39 is 0 Å². The lowest BCUT2D eigenvalue weighted by Gasteiger charge is -2.18. The number of thiocarbonyl (C=S) groups is 1. The molecule has 0 radical (unpaired) electrons. The zero-order valence-corrected chi connectivity index (χ0v) is 13.7. The molecule has 0 aliphatic carbocycles. The second-order valence-electron chi connectivity index (χ2n) is 5.38. The summed E-state index contributed by atoms with van der Waals surface area (Å²) in [6.45, 7) is 8.35. The molecule has 1 heterocycles. The van der Waals surface area contributed by atoms with Gasteiger partial charge in [0, 0.05) is 6.20 Å². The SMILES string of the molecule is Cc1ccc(NC(=S)N[C@@H](C)c2ccc(C)c(C)c2)nc1. The molecule has 0 amide bonds. The van der Waals surface area contributed by atoms with E-state index in [1.54, 1.807) is 0 Å². The Bertz CT molecular complexity index is 635. The standard InChI is InChI=1S/C17H21N3S/c1-11-5-8-16(18-10-11)20-17(21)19-14(4)15-7-6-12(2)13(3)9-15/h5-10,14H,1-4H3,(H2,18,19,20,21)/t14-/m0/s1. The highest BCUT2D eigenvalue weighted by atomic mass is 32.1. The third-order valence-corrected chi connectivity index (χ3v) is 3.75. The molecule has 2 rings (SSSR count). The summed E-state index contributed by atoms with van der Waals surface area (Å²) in [5, 5.41) is 6.97. The van der Waals surface area contributed by atoms with E-state index in [0.717, 1.165) is 11.4 Å². The monoisotopic (exact) mass is 299 g/mol. The Morgan fingerprint density at radius 1 is 1.10 bits per heavy atom. The molecule has 0 saturated heterocycles. The maximum absolute atomic E-state index is 5.34. The zero-order valence-electron chi connectivity index (χ0n) is 12.9. The average Bonchev–Trinajstić information content (AvgIpc) is 2.44. The van der Waals surface area contributed by atoms with Crippen LogP contribution in [0.4, 0.5) is 5.82 Å². The van der Waals surface area contributed by atoms with Gasteiger partial charge in [0.15, 0.2) is 5.11 Å². The van der Waals surface area contributed by atoms with Gasteiger partial charge in [-0.3, -0.25) is 0 Å². The van der Waals surface area contributed by atoms with Crippen LogP contribution in [-0.2, 0) is 0 Å². The molecule has 0 unspecified atom stereocenters. The van der Waals surface area contributed by atoms with E-state index >= 15 is 0 Å². The summed E-state index contributed by atoms with van der Waals surface area (Å²) >= 11 is 5.34. The highest BCUT2D eigenvalue weighted by molar-refractivity contribution is 7.80. The Kier molecular flexibility index (Phi) is 4.91. The Balaban J connectivity index is 1.98. The first kappa shape index (κ1) is 15.4. The maximum atomic E-state index is 5.34. The number of aryl methyl sites for hydroxylation is 3. The summed E-state index contributed by atoms with van der Waals surface area (Å²) in [5.41, 5.74) is 4.94. The summed E-state index contributed by atoms with van der Waals surface area (Å²) in [5.74, 6) is 0.755. The number of nitrogens with zero attached hydrogens (tertiary/aromatic N) is 1. The van der Waals surface area contributed by atoms with Crippen LogP contribution in [0, 0.1) is 20.8 Å². The van der Waals surface area contributed by atoms with Crippen molar-refractivity contribution in [1.82, 2.24) is 10.3 Å². The van der Waals surface area contributed by atoms with Crippen molar-refractivity contribution in [3.63, 3.8) is 0 Å². The number of hydrogen-bond donors (Lipinski definition) is 2. The zero-order chi connectivity index (χ0) is 15.4. The average molecular weight is 299 g/mol. The minimum atomic E-state index is 0.148. The van der Waals surface area contributed by atoms with Crippen LogP contribution < -0.4 is 10.6 Å². The number of nitrogens with one attached hydrogen (secondary N) is 2. The summed E-state index contributed by atoms with van der Waals surface area (Å²) in [6, 6.07) is 10.5. The van der Waals surface area contributed by atoms with Crippen molar-refractivity contribution >= 4 is 23.1 Å².